The number of aliphatic hydroxyl groups is 1. The topological polar surface area (TPSA) is 72.8 Å². The third-order valence-corrected chi connectivity index (χ3v) is 8.40. The lowest BCUT2D eigenvalue weighted by molar-refractivity contribution is 0.0203. The zero-order valence-corrected chi connectivity index (χ0v) is 27.8. The molecule has 0 fully saturated rings. The van der Waals surface area contributed by atoms with Crippen LogP contribution in [0.4, 0.5) is 0 Å². The Kier molecular flexibility index (Phi) is 15.9. The summed E-state index contributed by atoms with van der Waals surface area (Å²) >= 11 is 0. The molecule has 5 heteroatoms. The Labute approximate surface area is 271 Å². The molecule has 0 bridgehead atoms. The van der Waals surface area contributed by atoms with E-state index in [1.54, 1.807) is 67.6 Å². The lowest BCUT2D eigenvalue weighted by Crippen LogP contribution is -2.38. The molecule has 0 saturated carbocycles. The van der Waals surface area contributed by atoms with Crippen molar-refractivity contribution in [1.29, 1.82) is 0 Å². The van der Waals surface area contributed by atoms with Crippen LogP contribution >= 0.6 is 0 Å². The second-order valence-corrected chi connectivity index (χ2v) is 12.3. The summed E-state index contributed by atoms with van der Waals surface area (Å²) in [5, 5.41) is 11.4. The molecule has 5 nitrogen and oxygen atoms in total. The van der Waals surface area contributed by atoms with Crippen LogP contribution in [-0.4, -0.2) is 28.6 Å². The van der Waals surface area contributed by atoms with Crippen LogP contribution < -0.4 is 9.47 Å². The first-order valence-corrected chi connectivity index (χ1v) is 17.3. The number of ether oxygens (including phenoxy) is 2. The number of unbranched alkanes of at least 4 members (excludes halogenated alkanes) is 11. The largest absolute Gasteiger partial charge is 0.455 e. The second-order valence-electron chi connectivity index (χ2n) is 12.3. The maximum absolute atomic E-state index is 13.4. The van der Waals surface area contributed by atoms with Gasteiger partial charge in [0.25, 0.3) is 0 Å². The Morgan fingerprint density at radius 3 is 1.51 bits per heavy atom. The molecule has 3 aromatic rings. The first kappa shape index (κ1) is 36.0. The molecular weight excluding hydrogens is 560 g/mol. The van der Waals surface area contributed by atoms with Gasteiger partial charge in [-0.05, 0) is 61.4 Å². The van der Waals surface area contributed by atoms with E-state index in [0.717, 1.165) is 25.7 Å². The van der Waals surface area contributed by atoms with Crippen molar-refractivity contribution in [3.63, 3.8) is 0 Å². The number of benzene rings is 3. The number of carbonyl (C=O) groups is 2. The second kappa shape index (κ2) is 19.8. The molecule has 0 saturated heterocycles. The van der Waals surface area contributed by atoms with E-state index >= 15 is 0 Å². The fourth-order valence-electron chi connectivity index (χ4n) is 5.83. The quantitative estimate of drug-likeness (QED) is 0.0653. The van der Waals surface area contributed by atoms with E-state index in [0.29, 0.717) is 41.0 Å². The fourth-order valence-corrected chi connectivity index (χ4v) is 5.83. The molecule has 45 heavy (non-hydrogen) atoms. The van der Waals surface area contributed by atoms with Crippen molar-refractivity contribution in [2.24, 2.45) is 0 Å². The zero-order chi connectivity index (χ0) is 32.3. The van der Waals surface area contributed by atoms with Crippen LogP contribution in [0.2, 0.25) is 0 Å². The molecule has 0 aliphatic carbocycles. The van der Waals surface area contributed by atoms with Gasteiger partial charge in [0, 0.05) is 23.6 Å². The van der Waals surface area contributed by atoms with E-state index in [1.807, 2.05) is 25.1 Å². The summed E-state index contributed by atoms with van der Waals surface area (Å²) in [6.45, 7) is 6.05. The summed E-state index contributed by atoms with van der Waals surface area (Å²) in [7, 11) is 0. The molecule has 0 spiro atoms. The van der Waals surface area contributed by atoms with Gasteiger partial charge >= 0.3 is 0 Å². The van der Waals surface area contributed by atoms with Crippen LogP contribution in [0.15, 0.2) is 78.9 Å². The number of hydrogen-bond donors (Lipinski definition) is 1. The molecular formula is C40H54O5. The van der Waals surface area contributed by atoms with Gasteiger partial charge in [0.2, 0.25) is 6.29 Å². The number of Topliss-reactive ketones (excluding diaryl/α,β-unsaturated/α-hetero) is 1. The van der Waals surface area contributed by atoms with E-state index in [2.05, 4.69) is 6.92 Å². The average Bonchev–Trinajstić information content (AvgIpc) is 3.06. The van der Waals surface area contributed by atoms with Gasteiger partial charge in [0.1, 0.15) is 17.1 Å². The van der Waals surface area contributed by atoms with Crippen LogP contribution in [-0.2, 0) is 0 Å². The maximum Gasteiger partial charge on any atom is 0.238 e. The van der Waals surface area contributed by atoms with Crippen LogP contribution in [0.25, 0.3) is 0 Å². The first-order valence-electron chi connectivity index (χ1n) is 17.3. The van der Waals surface area contributed by atoms with Gasteiger partial charge < -0.3 is 14.6 Å². The van der Waals surface area contributed by atoms with Crippen molar-refractivity contribution in [1.82, 2.24) is 0 Å². The number of ketones is 2. The van der Waals surface area contributed by atoms with Gasteiger partial charge in [0.05, 0.1) is 0 Å². The first-order chi connectivity index (χ1) is 21.9. The van der Waals surface area contributed by atoms with Gasteiger partial charge in [0.15, 0.2) is 11.6 Å². The van der Waals surface area contributed by atoms with Gasteiger partial charge in [-0.2, -0.15) is 0 Å². The number of carbonyl (C=O) groups excluding carboxylic acids is 2. The summed E-state index contributed by atoms with van der Waals surface area (Å²) in [5.74, 6) is 0.894. The van der Waals surface area contributed by atoms with Gasteiger partial charge in [-0.25, -0.2) is 0 Å². The smallest absolute Gasteiger partial charge is 0.238 e. The van der Waals surface area contributed by atoms with E-state index in [9.17, 15) is 14.7 Å². The Balaban J connectivity index is 1.41. The third-order valence-electron chi connectivity index (χ3n) is 8.40. The SMILES string of the molecule is CCCCCCCCCCCCCCC(O)(CCC)C(=O)c1ccc(OC(C)Oc2ccc(C(=O)c3ccccc3)cc2)cc1. The zero-order valence-electron chi connectivity index (χ0n) is 27.8. The predicted molar refractivity (Wildman–Crippen MR) is 183 cm³/mol. The standard InChI is InChI=1S/C40H54O5/c1-4-6-7-8-9-10-11-12-13-14-15-19-31-40(43,30-5-2)39(42)35-24-28-37(29-25-35)45-32(3)44-36-26-22-34(23-27-36)38(41)33-20-17-16-18-21-33/h16-18,20-29,32,43H,4-15,19,30-31H2,1-3H3. The highest BCUT2D eigenvalue weighted by molar-refractivity contribution is 6.09. The van der Waals surface area contributed by atoms with Crippen molar-refractivity contribution >= 4 is 11.6 Å². The van der Waals surface area contributed by atoms with Gasteiger partial charge in [-0.15, -0.1) is 0 Å². The Bertz CT molecular complexity index is 1250. The minimum atomic E-state index is -1.33. The third kappa shape index (κ3) is 12.5. The molecule has 244 valence electrons. The lowest BCUT2D eigenvalue weighted by atomic mass is 9.84. The molecule has 0 aromatic heterocycles. The van der Waals surface area contributed by atoms with E-state index in [4.69, 9.17) is 9.47 Å². The van der Waals surface area contributed by atoms with Gasteiger partial charge in [-0.3, -0.25) is 9.59 Å². The highest BCUT2D eigenvalue weighted by atomic mass is 16.7. The monoisotopic (exact) mass is 614 g/mol. The summed E-state index contributed by atoms with van der Waals surface area (Å²) in [4.78, 5) is 26.0. The van der Waals surface area contributed by atoms with Crippen LogP contribution in [0.5, 0.6) is 11.5 Å². The summed E-state index contributed by atoms with van der Waals surface area (Å²) in [6.07, 6.45) is 16.1. The molecule has 0 radical (unpaired) electrons. The van der Waals surface area contributed by atoms with Crippen molar-refractivity contribution in [3.8, 4) is 11.5 Å². The Morgan fingerprint density at radius 2 is 1.02 bits per heavy atom. The number of hydrogen-bond acceptors (Lipinski definition) is 5. The summed E-state index contributed by atoms with van der Waals surface area (Å²) in [5.41, 5.74) is 0.385. The number of rotatable bonds is 23. The van der Waals surface area contributed by atoms with E-state index in [1.165, 1.54) is 57.8 Å². The summed E-state index contributed by atoms with van der Waals surface area (Å²) in [6, 6.07) is 23.1. The summed E-state index contributed by atoms with van der Waals surface area (Å²) < 4.78 is 11.8. The minimum Gasteiger partial charge on any atom is -0.455 e. The fraction of sp³-hybridized carbons (Fsp3) is 0.500. The average molecular weight is 615 g/mol. The minimum absolute atomic E-state index is 0.0407. The van der Waals surface area contributed by atoms with E-state index < -0.39 is 11.9 Å². The highest BCUT2D eigenvalue weighted by Gasteiger charge is 2.35. The van der Waals surface area contributed by atoms with Gasteiger partial charge in [-0.1, -0.05) is 128 Å². The molecule has 0 heterocycles. The molecule has 3 aromatic carbocycles. The van der Waals surface area contributed by atoms with Crippen molar-refractivity contribution in [2.75, 3.05) is 0 Å². The molecule has 3 rings (SSSR count). The van der Waals surface area contributed by atoms with Crippen LogP contribution in [0.3, 0.4) is 0 Å². The maximum atomic E-state index is 13.4. The predicted octanol–water partition coefficient (Wildman–Crippen LogP) is 10.5. The Hall–Kier alpha value is -3.44. The van der Waals surface area contributed by atoms with Crippen molar-refractivity contribution in [3.05, 3.63) is 95.6 Å². The van der Waals surface area contributed by atoms with Crippen LogP contribution in [0, 0.1) is 0 Å². The molecule has 0 amide bonds. The molecule has 1 N–H and O–H groups in total. The molecule has 0 aliphatic rings. The Morgan fingerprint density at radius 1 is 0.578 bits per heavy atom. The molecule has 0 aliphatic heterocycles. The highest BCUT2D eigenvalue weighted by Crippen LogP contribution is 2.28. The normalized spacial score (nSPS) is 13.2. The van der Waals surface area contributed by atoms with Crippen molar-refractivity contribution in [2.45, 2.75) is 129 Å². The molecule has 2 unspecified atom stereocenters. The van der Waals surface area contributed by atoms with E-state index in [-0.39, 0.29) is 11.6 Å². The molecule has 2 atom stereocenters. The van der Waals surface area contributed by atoms with Crippen LogP contribution in [0.1, 0.15) is 143 Å². The van der Waals surface area contributed by atoms with Crippen molar-refractivity contribution < 1.29 is 24.2 Å². The lowest BCUT2D eigenvalue weighted by Gasteiger charge is -2.26.